The molecule has 1 atom stereocenters. The van der Waals surface area contributed by atoms with Crippen molar-refractivity contribution >= 4 is 64.0 Å². The number of hydrogen-bond acceptors (Lipinski definition) is 3. The largest absolute Gasteiger partial charge is 0.232 e. The molecule has 0 spiro atoms. The lowest BCUT2D eigenvalue weighted by Gasteiger charge is -2.17. The quantitative estimate of drug-likeness (QED) is 0.205. The summed E-state index contributed by atoms with van der Waals surface area (Å²) < 4.78 is 2.62. The molecule has 1 aliphatic carbocycles. The summed E-state index contributed by atoms with van der Waals surface area (Å²) >= 11 is 1.88. The molecule has 2 aromatic heterocycles. The highest BCUT2D eigenvalue weighted by Crippen LogP contribution is 2.53. The Morgan fingerprint density at radius 1 is 0.477 bits per heavy atom. The molecular weight excluding hydrogens is 553 g/mol. The molecule has 0 N–H and O–H groups in total. The van der Waals surface area contributed by atoms with Gasteiger partial charge in [-0.1, -0.05) is 115 Å². The van der Waals surface area contributed by atoms with E-state index in [0.29, 0.717) is 0 Å². The van der Waals surface area contributed by atoms with E-state index < -0.39 is 0 Å². The first kappa shape index (κ1) is 24.1. The van der Waals surface area contributed by atoms with Crippen LogP contribution in [0.3, 0.4) is 0 Å². The molecule has 204 valence electrons. The van der Waals surface area contributed by atoms with Crippen LogP contribution >= 0.6 is 11.3 Å². The van der Waals surface area contributed by atoms with E-state index in [1.54, 1.807) is 0 Å². The monoisotopic (exact) mass is 576 g/mol. The maximum Gasteiger partial charge on any atom is 0.141 e. The molecular formula is C41H24N2S. The average molecular weight is 577 g/mol. The predicted molar refractivity (Wildman–Crippen MR) is 186 cm³/mol. The van der Waals surface area contributed by atoms with Crippen LogP contribution in [0.2, 0.25) is 0 Å². The van der Waals surface area contributed by atoms with Crippen molar-refractivity contribution in [3.8, 4) is 22.4 Å². The van der Waals surface area contributed by atoms with E-state index >= 15 is 0 Å². The fourth-order valence-corrected chi connectivity index (χ4v) is 8.55. The Kier molecular flexibility index (Phi) is 4.96. The maximum absolute atomic E-state index is 5.51. The minimum absolute atomic E-state index is 0.0764. The second-order valence-electron chi connectivity index (χ2n) is 11.7. The lowest BCUT2D eigenvalue weighted by atomic mass is 9.91. The molecule has 9 aromatic rings. The van der Waals surface area contributed by atoms with Gasteiger partial charge in [0.1, 0.15) is 5.82 Å². The molecule has 1 unspecified atom stereocenters. The van der Waals surface area contributed by atoms with Crippen molar-refractivity contribution in [1.82, 2.24) is 9.97 Å². The molecule has 0 fully saturated rings. The molecule has 7 aromatic carbocycles. The second kappa shape index (κ2) is 9.06. The first-order valence-electron chi connectivity index (χ1n) is 15.0. The van der Waals surface area contributed by atoms with Crippen LogP contribution in [-0.4, -0.2) is 9.97 Å². The highest BCUT2D eigenvalue weighted by Gasteiger charge is 2.35. The van der Waals surface area contributed by atoms with Crippen molar-refractivity contribution in [1.29, 1.82) is 0 Å². The maximum atomic E-state index is 5.51. The second-order valence-corrected chi connectivity index (χ2v) is 12.8. The summed E-state index contributed by atoms with van der Waals surface area (Å²) in [6, 6.07) is 50.4. The lowest BCUT2D eigenvalue weighted by molar-refractivity contribution is 0.898. The number of nitrogens with zero attached hydrogens (tertiary/aromatic N) is 2. The van der Waals surface area contributed by atoms with Gasteiger partial charge < -0.3 is 0 Å². The molecule has 0 bridgehead atoms. The summed E-state index contributed by atoms with van der Waals surface area (Å²) in [7, 11) is 0. The molecule has 0 radical (unpaired) electrons. The van der Waals surface area contributed by atoms with Gasteiger partial charge in [0.05, 0.1) is 17.1 Å². The zero-order valence-corrected chi connectivity index (χ0v) is 24.5. The van der Waals surface area contributed by atoms with Gasteiger partial charge in [0.2, 0.25) is 0 Å². The topological polar surface area (TPSA) is 25.8 Å². The zero-order valence-electron chi connectivity index (χ0n) is 23.7. The van der Waals surface area contributed by atoms with Gasteiger partial charge >= 0.3 is 0 Å². The van der Waals surface area contributed by atoms with Crippen LogP contribution in [0.15, 0.2) is 140 Å². The minimum Gasteiger partial charge on any atom is -0.232 e. The first-order chi connectivity index (χ1) is 21.8. The predicted octanol–water partition coefficient (Wildman–Crippen LogP) is 11.1. The van der Waals surface area contributed by atoms with Crippen LogP contribution < -0.4 is 0 Å². The van der Waals surface area contributed by atoms with Crippen molar-refractivity contribution in [3.63, 3.8) is 0 Å². The Balaban J connectivity index is 1.31. The summed E-state index contributed by atoms with van der Waals surface area (Å²) in [5, 5.41) is 8.68. The first-order valence-corrected chi connectivity index (χ1v) is 15.9. The van der Waals surface area contributed by atoms with Crippen LogP contribution in [0.1, 0.15) is 22.9 Å². The van der Waals surface area contributed by atoms with Crippen LogP contribution in [0.5, 0.6) is 0 Å². The smallest absolute Gasteiger partial charge is 0.141 e. The van der Waals surface area contributed by atoms with E-state index in [-0.39, 0.29) is 5.92 Å². The third-order valence-electron chi connectivity index (χ3n) is 9.32. The highest BCUT2D eigenvalue weighted by molar-refractivity contribution is 7.26. The van der Waals surface area contributed by atoms with E-state index in [2.05, 4.69) is 140 Å². The number of aromatic nitrogens is 2. The summed E-state index contributed by atoms with van der Waals surface area (Å²) in [6.07, 6.45) is 0. The molecule has 0 saturated carbocycles. The van der Waals surface area contributed by atoms with E-state index in [1.165, 1.54) is 64.0 Å². The summed E-state index contributed by atoms with van der Waals surface area (Å²) in [5.41, 5.74) is 8.26. The van der Waals surface area contributed by atoms with Gasteiger partial charge in [-0.15, -0.1) is 11.3 Å². The molecule has 0 aliphatic heterocycles. The van der Waals surface area contributed by atoms with Gasteiger partial charge in [0, 0.05) is 31.1 Å². The van der Waals surface area contributed by atoms with Gasteiger partial charge in [-0.05, 0) is 68.1 Å². The van der Waals surface area contributed by atoms with Crippen LogP contribution in [0, 0.1) is 0 Å². The van der Waals surface area contributed by atoms with Gasteiger partial charge in [0.15, 0.2) is 0 Å². The van der Waals surface area contributed by atoms with Crippen molar-refractivity contribution < 1.29 is 0 Å². The number of benzene rings is 7. The lowest BCUT2D eigenvalue weighted by Crippen LogP contribution is -2.07. The Hall–Kier alpha value is -5.38. The van der Waals surface area contributed by atoms with Crippen LogP contribution in [0.4, 0.5) is 0 Å². The molecule has 2 nitrogen and oxygen atoms in total. The zero-order chi connectivity index (χ0) is 28.8. The van der Waals surface area contributed by atoms with Crippen molar-refractivity contribution in [2.24, 2.45) is 0 Å². The summed E-state index contributed by atoms with van der Waals surface area (Å²) in [4.78, 5) is 10.8. The van der Waals surface area contributed by atoms with E-state index in [1.807, 2.05) is 11.3 Å². The molecule has 2 heterocycles. The van der Waals surface area contributed by atoms with Crippen molar-refractivity contribution in [3.05, 3.63) is 156 Å². The normalized spacial score (nSPS) is 14.1. The number of fused-ring (bicyclic) bond motifs is 10. The van der Waals surface area contributed by atoms with Crippen LogP contribution in [0.25, 0.3) is 75.0 Å². The van der Waals surface area contributed by atoms with E-state index in [4.69, 9.17) is 9.97 Å². The van der Waals surface area contributed by atoms with Crippen molar-refractivity contribution in [2.75, 3.05) is 0 Å². The Bertz CT molecular complexity index is 2620. The van der Waals surface area contributed by atoms with Gasteiger partial charge in [-0.25, -0.2) is 9.97 Å². The Morgan fingerprint density at radius 2 is 1.18 bits per heavy atom. The summed E-state index contributed by atoms with van der Waals surface area (Å²) in [5.74, 6) is 0.776. The molecule has 0 amide bonds. The highest BCUT2D eigenvalue weighted by atomic mass is 32.1. The Morgan fingerprint density at radius 3 is 2.09 bits per heavy atom. The molecule has 1 aliphatic rings. The summed E-state index contributed by atoms with van der Waals surface area (Å²) in [6.45, 7) is 0. The Labute approximate surface area is 257 Å². The molecule has 44 heavy (non-hydrogen) atoms. The average Bonchev–Trinajstić information content (AvgIpc) is 3.61. The minimum atomic E-state index is -0.0764. The third kappa shape index (κ3) is 3.36. The molecule has 3 heteroatoms. The van der Waals surface area contributed by atoms with E-state index in [0.717, 1.165) is 28.0 Å². The number of thiophene rings is 1. The molecule has 10 rings (SSSR count). The van der Waals surface area contributed by atoms with Gasteiger partial charge in [-0.3, -0.25) is 0 Å². The number of hydrogen-bond donors (Lipinski definition) is 0. The SMILES string of the molecule is c1ccc2c(c1)-c1ccc3sc4cc5ccccc5cc4c3c1C2c1nc(-c2cccc3ccccc23)c2ccccc2n1. The fraction of sp³-hybridized carbons (Fsp3) is 0.0244. The van der Waals surface area contributed by atoms with Crippen molar-refractivity contribution in [2.45, 2.75) is 5.92 Å². The van der Waals surface area contributed by atoms with Gasteiger partial charge in [0.25, 0.3) is 0 Å². The number of para-hydroxylation sites is 1. The van der Waals surface area contributed by atoms with Crippen LogP contribution in [-0.2, 0) is 0 Å². The fourth-order valence-electron chi connectivity index (χ4n) is 7.39. The third-order valence-corrected chi connectivity index (χ3v) is 10.4. The number of rotatable bonds is 2. The standard InChI is InChI=1S/C41H24N2S/c1-2-12-26-23-36-33(22-25(26)11-1)37-35(44-36)21-20-30-28-15-5-6-16-29(28)39(38(30)37)41-42-34-19-8-7-17-32(34)40(43-41)31-18-9-13-24-10-3-4-14-27(24)31/h1-23,39H. The van der Waals surface area contributed by atoms with E-state index in [9.17, 15) is 0 Å². The molecule has 0 saturated heterocycles. The van der Waals surface area contributed by atoms with Gasteiger partial charge in [-0.2, -0.15) is 0 Å².